The average Bonchev–Trinajstić information content (AvgIpc) is 2.67. The Morgan fingerprint density at radius 2 is 1.48 bits per heavy atom. The highest BCUT2D eigenvalue weighted by Gasteiger charge is 2.35. The zero-order valence-electron chi connectivity index (χ0n) is 16.2. The van der Waals surface area contributed by atoms with E-state index >= 15 is 0 Å². The van der Waals surface area contributed by atoms with Crippen molar-refractivity contribution < 1.29 is 29.0 Å². The zero-order valence-corrected chi connectivity index (χ0v) is 17.0. The third-order valence-electron chi connectivity index (χ3n) is 4.17. The number of carboxylic acid groups (broad SMARTS) is 1. The highest BCUT2D eigenvalue weighted by Crippen LogP contribution is 2.22. The first-order valence-corrected chi connectivity index (χ1v) is 9.18. The lowest BCUT2D eigenvalue weighted by molar-refractivity contribution is -0.167. The largest absolute Gasteiger partial charge is 0.480 e. The van der Waals surface area contributed by atoms with Crippen molar-refractivity contribution in [3.63, 3.8) is 0 Å². The lowest BCUT2D eigenvalue weighted by Crippen LogP contribution is -2.47. The molecule has 0 aromatic heterocycles. The summed E-state index contributed by atoms with van der Waals surface area (Å²) in [5.74, 6) is -1.87. The highest BCUT2D eigenvalue weighted by atomic mass is 35.5. The summed E-state index contributed by atoms with van der Waals surface area (Å²) in [4.78, 5) is 35.7. The number of ether oxygens (including phenoxy) is 2. The number of esters is 1. The number of halogens is 1. The first-order chi connectivity index (χ1) is 13.5. The summed E-state index contributed by atoms with van der Waals surface area (Å²) in [6.45, 7) is 4.37. The molecule has 0 bridgehead atoms. The Hall–Kier alpha value is -2.90. The highest BCUT2D eigenvalue weighted by molar-refractivity contribution is 6.30. The Kier molecular flexibility index (Phi) is 7.00. The van der Waals surface area contributed by atoms with Crippen LogP contribution in [0.1, 0.15) is 36.7 Å². The van der Waals surface area contributed by atoms with Crippen LogP contribution in [0.5, 0.6) is 5.75 Å². The number of carboxylic acids is 1. The molecule has 0 saturated carbocycles. The number of ketones is 1. The van der Waals surface area contributed by atoms with Gasteiger partial charge in [0.1, 0.15) is 17.9 Å². The lowest BCUT2D eigenvalue weighted by atomic mass is 10.0. The number of aliphatic carboxylic acids is 1. The summed E-state index contributed by atoms with van der Waals surface area (Å²) < 4.78 is 10.8. The monoisotopic (exact) mass is 419 g/mol. The minimum absolute atomic E-state index is 0.177. The van der Waals surface area contributed by atoms with Crippen LogP contribution in [0.4, 0.5) is 0 Å². The molecule has 0 aliphatic carbocycles. The summed E-state index contributed by atoms with van der Waals surface area (Å²) in [6, 6.07) is 11.5. The molecular weight excluding hydrogens is 398 g/mol. The number of rotatable bonds is 8. The smallest absolute Gasteiger partial charge is 0.350 e. The van der Waals surface area contributed by atoms with Crippen LogP contribution < -0.4 is 10.5 Å². The van der Waals surface area contributed by atoms with E-state index in [4.69, 9.17) is 31.9 Å². The summed E-state index contributed by atoms with van der Waals surface area (Å²) in [5, 5.41) is 9.43. The molecule has 2 atom stereocenters. The molecule has 0 radical (unpaired) electrons. The predicted octanol–water partition coefficient (Wildman–Crippen LogP) is 3.07. The normalized spacial score (nSPS) is 13.3. The van der Waals surface area contributed by atoms with Crippen LogP contribution in [0.15, 0.2) is 48.5 Å². The number of carbonyl (C=O) groups is 3. The third-order valence-corrected chi connectivity index (χ3v) is 4.42. The van der Waals surface area contributed by atoms with Gasteiger partial charge in [0.25, 0.3) is 0 Å². The number of carbonyl (C=O) groups excluding carboxylic acids is 2. The summed E-state index contributed by atoms with van der Waals surface area (Å²) in [5.41, 5.74) is 5.00. The standard InChI is InChI=1S/C21H22ClNO6/c1-12(17(23)19(25)26)28-20(27)21(2,3)29-16-10-6-14(7-11-16)18(24)13-4-8-15(22)9-5-13/h4-12,17H,23H2,1-3H3,(H,25,26)/t12-,17+/m1/s1. The van der Waals surface area contributed by atoms with Crippen LogP contribution in [0.3, 0.4) is 0 Å². The van der Waals surface area contributed by atoms with E-state index in [1.54, 1.807) is 48.5 Å². The van der Waals surface area contributed by atoms with Crippen molar-refractivity contribution in [3.05, 3.63) is 64.7 Å². The van der Waals surface area contributed by atoms with E-state index in [1.165, 1.54) is 20.8 Å². The van der Waals surface area contributed by atoms with Crippen molar-refractivity contribution in [2.45, 2.75) is 38.5 Å². The van der Waals surface area contributed by atoms with E-state index in [0.717, 1.165) is 0 Å². The van der Waals surface area contributed by atoms with Gasteiger partial charge in [-0.3, -0.25) is 9.59 Å². The second-order valence-electron chi connectivity index (χ2n) is 6.95. The molecule has 2 rings (SSSR count). The Labute approximate surface area is 173 Å². The van der Waals surface area contributed by atoms with Crippen LogP contribution in [-0.2, 0) is 14.3 Å². The quantitative estimate of drug-likeness (QED) is 0.498. The van der Waals surface area contributed by atoms with Gasteiger partial charge in [0.05, 0.1) is 0 Å². The van der Waals surface area contributed by atoms with Gasteiger partial charge < -0.3 is 20.3 Å². The van der Waals surface area contributed by atoms with Gasteiger partial charge in [0.2, 0.25) is 0 Å². The Morgan fingerprint density at radius 3 is 1.97 bits per heavy atom. The maximum absolute atomic E-state index is 12.5. The SMILES string of the molecule is C[C@@H](OC(=O)C(C)(C)Oc1ccc(C(=O)c2ccc(Cl)cc2)cc1)[C@H](N)C(=O)O. The first kappa shape index (κ1) is 22.4. The molecule has 0 fully saturated rings. The molecule has 3 N–H and O–H groups in total. The zero-order chi connectivity index (χ0) is 21.8. The van der Waals surface area contributed by atoms with E-state index in [1.807, 2.05) is 0 Å². The Balaban J connectivity index is 2.05. The molecule has 8 heteroatoms. The van der Waals surface area contributed by atoms with Crippen molar-refractivity contribution in [1.29, 1.82) is 0 Å². The molecule has 154 valence electrons. The maximum atomic E-state index is 12.5. The van der Waals surface area contributed by atoms with Crippen molar-refractivity contribution in [2.24, 2.45) is 5.73 Å². The lowest BCUT2D eigenvalue weighted by Gasteiger charge is -2.27. The van der Waals surface area contributed by atoms with Crippen molar-refractivity contribution in [3.8, 4) is 5.75 Å². The topological polar surface area (TPSA) is 116 Å². The molecule has 0 aliphatic heterocycles. The minimum atomic E-state index is -1.39. The van der Waals surface area contributed by atoms with Gasteiger partial charge in [-0.05, 0) is 69.3 Å². The molecule has 0 spiro atoms. The molecular formula is C21H22ClNO6. The fourth-order valence-corrected chi connectivity index (χ4v) is 2.49. The van der Waals surface area contributed by atoms with Gasteiger partial charge in [-0.1, -0.05) is 11.6 Å². The van der Waals surface area contributed by atoms with Crippen molar-refractivity contribution in [1.82, 2.24) is 0 Å². The van der Waals surface area contributed by atoms with Crippen LogP contribution in [0, 0.1) is 0 Å². The predicted molar refractivity (Wildman–Crippen MR) is 107 cm³/mol. The van der Waals surface area contributed by atoms with Crippen LogP contribution in [-0.4, -0.2) is 40.6 Å². The van der Waals surface area contributed by atoms with Gasteiger partial charge in [0.15, 0.2) is 11.4 Å². The summed E-state index contributed by atoms with van der Waals surface area (Å²) in [7, 11) is 0. The fourth-order valence-electron chi connectivity index (χ4n) is 2.36. The number of hydrogen-bond acceptors (Lipinski definition) is 6. The molecule has 0 saturated heterocycles. The fraction of sp³-hybridized carbons (Fsp3) is 0.286. The van der Waals surface area contributed by atoms with Gasteiger partial charge >= 0.3 is 11.9 Å². The van der Waals surface area contributed by atoms with Gasteiger partial charge in [-0.15, -0.1) is 0 Å². The van der Waals surface area contributed by atoms with E-state index in [9.17, 15) is 14.4 Å². The molecule has 2 aromatic carbocycles. The van der Waals surface area contributed by atoms with Gasteiger partial charge in [-0.25, -0.2) is 4.79 Å². The van der Waals surface area contributed by atoms with Gasteiger partial charge in [0, 0.05) is 16.1 Å². The molecule has 7 nitrogen and oxygen atoms in total. The second-order valence-corrected chi connectivity index (χ2v) is 7.38. The first-order valence-electron chi connectivity index (χ1n) is 8.80. The Bertz CT molecular complexity index is 892. The molecule has 0 aliphatic rings. The van der Waals surface area contributed by atoms with Crippen molar-refractivity contribution in [2.75, 3.05) is 0 Å². The molecule has 2 aromatic rings. The summed E-state index contributed by atoms with van der Waals surface area (Å²) >= 11 is 5.83. The molecule has 0 amide bonds. The number of nitrogens with two attached hydrogens (primary N) is 1. The van der Waals surface area contributed by atoms with E-state index < -0.39 is 29.7 Å². The summed E-state index contributed by atoms with van der Waals surface area (Å²) in [6.07, 6.45) is -1.03. The van der Waals surface area contributed by atoms with Gasteiger partial charge in [-0.2, -0.15) is 0 Å². The maximum Gasteiger partial charge on any atom is 0.350 e. The average molecular weight is 420 g/mol. The van der Waals surface area contributed by atoms with Crippen LogP contribution in [0.2, 0.25) is 5.02 Å². The van der Waals surface area contributed by atoms with E-state index in [0.29, 0.717) is 21.9 Å². The molecule has 0 heterocycles. The van der Waals surface area contributed by atoms with Crippen LogP contribution >= 0.6 is 11.6 Å². The Morgan fingerprint density at radius 1 is 1.00 bits per heavy atom. The van der Waals surface area contributed by atoms with Crippen molar-refractivity contribution >= 4 is 29.3 Å². The molecule has 29 heavy (non-hydrogen) atoms. The van der Waals surface area contributed by atoms with E-state index in [-0.39, 0.29) is 5.78 Å². The van der Waals surface area contributed by atoms with E-state index in [2.05, 4.69) is 0 Å². The second kappa shape index (κ2) is 9.07. The third kappa shape index (κ3) is 5.79. The number of hydrogen-bond donors (Lipinski definition) is 2. The number of benzene rings is 2. The molecule has 0 unspecified atom stereocenters. The van der Waals surface area contributed by atoms with Crippen LogP contribution in [0.25, 0.3) is 0 Å². The minimum Gasteiger partial charge on any atom is -0.480 e.